The Bertz CT molecular complexity index is 715. The summed E-state index contributed by atoms with van der Waals surface area (Å²) >= 11 is 11.5. The van der Waals surface area contributed by atoms with Gasteiger partial charge in [-0.15, -0.1) is 0 Å². The molecule has 1 heterocycles. The van der Waals surface area contributed by atoms with Crippen LogP contribution in [0.4, 0.5) is 13.2 Å². The van der Waals surface area contributed by atoms with E-state index in [0.29, 0.717) is 11.1 Å². The number of benzene rings is 1. The number of methoxy groups -OCH3 is 1. The minimum Gasteiger partial charge on any atom is -0.496 e. The maximum atomic E-state index is 12.5. The molecule has 0 bridgehead atoms. The zero-order valence-corrected chi connectivity index (χ0v) is 12.6. The van der Waals surface area contributed by atoms with Gasteiger partial charge in [0.2, 0.25) is 0 Å². The Hall–Kier alpha value is -1.79. The summed E-state index contributed by atoms with van der Waals surface area (Å²) in [5.74, 6) is 0.175. The van der Waals surface area contributed by atoms with E-state index >= 15 is 0 Å². The van der Waals surface area contributed by atoms with Crippen molar-refractivity contribution >= 4 is 28.4 Å². The summed E-state index contributed by atoms with van der Waals surface area (Å²) < 4.78 is 42.5. The second-order valence-electron chi connectivity index (χ2n) is 4.24. The van der Waals surface area contributed by atoms with Gasteiger partial charge in [-0.1, -0.05) is 17.7 Å². The lowest BCUT2D eigenvalue weighted by Crippen LogP contribution is -2.07. The van der Waals surface area contributed by atoms with Crippen LogP contribution in [-0.2, 0) is 6.18 Å². The SMILES string of the molecule is COc1cc(Cl)c(-c2ccc(C(F)(F)F)nc2)cc1C(=O)Cl. The molecule has 0 fully saturated rings. The van der Waals surface area contributed by atoms with E-state index in [1.807, 2.05) is 0 Å². The van der Waals surface area contributed by atoms with Crippen LogP contribution in [0.5, 0.6) is 5.75 Å². The van der Waals surface area contributed by atoms with E-state index in [1.165, 1.54) is 25.3 Å². The summed E-state index contributed by atoms with van der Waals surface area (Å²) in [7, 11) is 1.34. The molecule has 0 amide bonds. The Morgan fingerprint density at radius 2 is 1.95 bits per heavy atom. The molecule has 2 aromatic rings. The molecule has 1 aromatic carbocycles. The number of rotatable bonds is 3. The Kier molecular flexibility index (Phi) is 4.63. The second kappa shape index (κ2) is 6.14. The van der Waals surface area contributed by atoms with Crippen LogP contribution in [0.25, 0.3) is 11.1 Å². The van der Waals surface area contributed by atoms with Gasteiger partial charge in [0.05, 0.1) is 17.7 Å². The van der Waals surface area contributed by atoms with Crippen molar-refractivity contribution in [1.82, 2.24) is 4.98 Å². The first-order valence-electron chi connectivity index (χ1n) is 5.85. The highest BCUT2D eigenvalue weighted by molar-refractivity contribution is 6.68. The van der Waals surface area contributed by atoms with Crippen LogP contribution in [0, 0.1) is 0 Å². The molecule has 0 radical (unpaired) electrons. The van der Waals surface area contributed by atoms with Crippen molar-refractivity contribution in [3.63, 3.8) is 0 Å². The van der Waals surface area contributed by atoms with Crippen LogP contribution in [-0.4, -0.2) is 17.3 Å². The lowest BCUT2D eigenvalue weighted by Gasteiger charge is -2.11. The number of carbonyl (C=O) groups excluding carboxylic acids is 1. The number of alkyl halides is 3. The smallest absolute Gasteiger partial charge is 0.433 e. The first-order chi connectivity index (χ1) is 10.2. The van der Waals surface area contributed by atoms with E-state index < -0.39 is 17.1 Å². The molecule has 1 aromatic heterocycles. The molecule has 0 atom stereocenters. The van der Waals surface area contributed by atoms with Gasteiger partial charge in [-0.05, 0) is 23.7 Å². The number of nitrogens with zero attached hydrogens (tertiary/aromatic N) is 1. The fourth-order valence-corrected chi connectivity index (χ4v) is 2.23. The van der Waals surface area contributed by atoms with Crippen LogP contribution in [0.15, 0.2) is 30.5 Å². The largest absolute Gasteiger partial charge is 0.496 e. The van der Waals surface area contributed by atoms with Crippen molar-refractivity contribution in [2.75, 3.05) is 7.11 Å². The van der Waals surface area contributed by atoms with Gasteiger partial charge in [0.1, 0.15) is 11.4 Å². The second-order valence-corrected chi connectivity index (χ2v) is 4.99. The number of aromatic nitrogens is 1. The molecule has 0 aliphatic carbocycles. The number of carbonyl (C=O) groups is 1. The van der Waals surface area contributed by atoms with Gasteiger partial charge >= 0.3 is 6.18 Å². The molecule has 0 N–H and O–H groups in total. The Balaban J connectivity index is 2.53. The average Bonchev–Trinajstić information content (AvgIpc) is 2.45. The molecule has 3 nitrogen and oxygen atoms in total. The molecule has 0 aliphatic rings. The molecular formula is C14H8Cl2F3NO2. The van der Waals surface area contributed by atoms with Crippen molar-refractivity contribution in [3.05, 3.63) is 46.7 Å². The third-order valence-electron chi connectivity index (χ3n) is 2.87. The minimum atomic E-state index is -4.53. The molecule has 116 valence electrons. The molecule has 0 unspecified atom stereocenters. The van der Waals surface area contributed by atoms with Gasteiger partial charge < -0.3 is 4.74 Å². The molecule has 22 heavy (non-hydrogen) atoms. The predicted octanol–water partition coefficient (Wildman–Crippen LogP) is 4.81. The van der Waals surface area contributed by atoms with Crippen LogP contribution in [0.1, 0.15) is 16.1 Å². The van der Waals surface area contributed by atoms with Gasteiger partial charge in [-0.2, -0.15) is 13.2 Å². The number of halogens is 5. The van der Waals surface area contributed by atoms with E-state index in [2.05, 4.69) is 4.98 Å². The average molecular weight is 350 g/mol. The zero-order valence-electron chi connectivity index (χ0n) is 11.0. The van der Waals surface area contributed by atoms with Crippen LogP contribution < -0.4 is 4.74 Å². The summed E-state index contributed by atoms with van der Waals surface area (Å²) in [6, 6.07) is 4.76. The maximum Gasteiger partial charge on any atom is 0.433 e. The van der Waals surface area contributed by atoms with E-state index in [0.717, 1.165) is 12.3 Å². The maximum absolute atomic E-state index is 12.5. The molecule has 0 aliphatic heterocycles. The van der Waals surface area contributed by atoms with Crippen molar-refractivity contribution in [2.45, 2.75) is 6.18 Å². The van der Waals surface area contributed by atoms with E-state index in [-0.39, 0.29) is 16.3 Å². The number of hydrogen-bond donors (Lipinski definition) is 0. The summed E-state index contributed by atoms with van der Waals surface area (Å²) in [6.45, 7) is 0. The fraction of sp³-hybridized carbons (Fsp3) is 0.143. The molecule has 8 heteroatoms. The summed E-state index contributed by atoms with van der Waals surface area (Å²) in [5, 5.41) is -0.574. The Labute approximate surface area is 133 Å². The quantitative estimate of drug-likeness (QED) is 0.746. The summed E-state index contributed by atoms with van der Waals surface area (Å²) in [6.07, 6.45) is -3.50. The number of pyridine rings is 1. The summed E-state index contributed by atoms with van der Waals surface area (Å²) in [5.41, 5.74) is -0.314. The third-order valence-corrected chi connectivity index (χ3v) is 3.38. The highest BCUT2D eigenvalue weighted by Gasteiger charge is 2.32. The van der Waals surface area contributed by atoms with Crippen molar-refractivity contribution < 1.29 is 22.7 Å². The van der Waals surface area contributed by atoms with Crippen molar-refractivity contribution in [3.8, 4) is 16.9 Å². The van der Waals surface area contributed by atoms with E-state index in [9.17, 15) is 18.0 Å². The fourth-order valence-electron chi connectivity index (χ4n) is 1.82. The minimum absolute atomic E-state index is 0.0588. The normalized spacial score (nSPS) is 11.4. The summed E-state index contributed by atoms with van der Waals surface area (Å²) in [4.78, 5) is 14.7. The molecule has 0 saturated carbocycles. The van der Waals surface area contributed by atoms with Crippen LogP contribution >= 0.6 is 23.2 Å². The molecule has 0 saturated heterocycles. The Morgan fingerprint density at radius 1 is 1.27 bits per heavy atom. The number of ether oxygens (including phenoxy) is 1. The highest BCUT2D eigenvalue weighted by Crippen LogP contribution is 2.35. The standard InChI is InChI=1S/C14H8Cl2F3NO2/c1-22-11-5-10(15)8(4-9(11)13(16)21)7-2-3-12(20-6-7)14(17,18)19/h2-6H,1H3. The van der Waals surface area contributed by atoms with Gasteiger partial charge in [-0.25, -0.2) is 0 Å². The van der Waals surface area contributed by atoms with Gasteiger partial charge in [0.15, 0.2) is 0 Å². The molecule has 0 spiro atoms. The molecule has 2 rings (SSSR count). The predicted molar refractivity (Wildman–Crippen MR) is 76.4 cm³/mol. The first-order valence-corrected chi connectivity index (χ1v) is 6.60. The lowest BCUT2D eigenvalue weighted by atomic mass is 10.0. The van der Waals surface area contributed by atoms with E-state index in [1.54, 1.807) is 0 Å². The number of hydrogen-bond acceptors (Lipinski definition) is 3. The first kappa shape index (κ1) is 16.6. The Morgan fingerprint density at radius 3 is 2.41 bits per heavy atom. The lowest BCUT2D eigenvalue weighted by molar-refractivity contribution is -0.141. The highest BCUT2D eigenvalue weighted by atomic mass is 35.5. The molecular weight excluding hydrogens is 342 g/mol. The monoisotopic (exact) mass is 349 g/mol. The van der Waals surface area contributed by atoms with Gasteiger partial charge in [-0.3, -0.25) is 9.78 Å². The van der Waals surface area contributed by atoms with Crippen LogP contribution in [0.3, 0.4) is 0 Å². The van der Waals surface area contributed by atoms with Crippen molar-refractivity contribution in [2.24, 2.45) is 0 Å². The van der Waals surface area contributed by atoms with E-state index in [4.69, 9.17) is 27.9 Å². The van der Waals surface area contributed by atoms with Gasteiger partial charge in [0.25, 0.3) is 5.24 Å². The topological polar surface area (TPSA) is 39.2 Å². The third kappa shape index (κ3) is 3.34. The van der Waals surface area contributed by atoms with Gasteiger partial charge in [0, 0.05) is 23.4 Å². The zero-order chi connectivity index (χ0) is 16.5. The van der Waals surface area contributed by atoms with Crippen molar-refractivity contribution in [1.29, 1.82) is 0 Å². The van der Waals surface area contributed by atoms with Crippen LogP contribution in [0.2, 0.25) is 5.02 Å².